The first kappa shape index (κ1) is 15.6. The molecule has 0 saturated carbocycles. The average molecular weight is 281 g/mol. The molecule has 0 unspecified atom stereocenters. The summed E-state index contributed by atoms with van der Waals surface area (Å²) in [4.78, 5) is 22.2. The van der Waals surface area contributed by atoms with Gasteiger partial charge in [0.1, 0.15) is 0 Å². The summed E-state index contributed by atoms with van der Waals surface area (Å²) in [6.07, 6.45) is 0. The smallest absolute Gasteiger partial charge is 0.319 e. The maximum Gasteiger partial charge on any atom is 0.319 e. The van der Waals surface area contributed by atoms with Crippen LogP contribution < -0.4 is 25.4 Å². The summed E-state index contributed by atoms with van der Waals surface area (Å²) in [7, 11) is 3.06. The van der Waals surface area contributed by atoms with E-state index in [4.69, 9.17) is 9.47 Å². The molecule has 0 aliphatic carbocycles. The minimum absolute atomic E-state index is 0.132. The van der Waals surface area contributed by atoms with Gasteiger partial charge in [0.15, 0.2) is 11.5 Å². The SMILES string of the molecule is COc1ccc(NC(=O)NCCNC(C)=O)cc1OC. The van der Waals surface area contributed by atoms with Gasteiger partial charge in [0.25, 0.3) is 0 Å². The van der Waals surface area contributed by atoms with Gasteiger partial charge in [-0.15, -0.1) is 0 Å². The Morgan fingerprint density at radius 3 is 2.30 bits per heavy atom. The van der Waals surface area contributed by atoms with E-state index in [2.05, 4.69) is 16.0 Å². The van der Waals surface area contributed by atoms with Crippen LogP contribution in [0.5, 0.6) is 11.5 Å². The second kappa shape index (κ2) is 7.88. The zero-order valence-corrected chi connectivity index (χ0v) is 11.8. The standard InChI is InChI=1S/C13H19N3O4/c1-9(17)14-6-7-15-13(18)16-10-4-5-11(19-2)12(8-10)20-3/h4-5,8H,6-7H2,1-3H3,(H,14,17)(H2,15,16,18). The monoisotopic (exact) mass is 281 g/mol. The Labute approximate surface area is 117 Å². The van der Waals surface area contributed by atoms with E-state index < -0.39 is 0 Å². The number of hydrogen-bond donors (Lipinski definition) is 3. The number of carbonyl (C=O) groups excluding carboxylic acids is 2. The van der Waals surface area contributed by atoms with Crippen molar-refractivity contribution < 1.29 is 19.1 Å². The molecular weight excluding hydrogens is 262 g/mol. The van der Waals surface area contributed by atoms with Crippen molar-refractivity contribution in [2.24, 2.45) is 0 Å². The Morgan fingerprint density at radius 1 is 1.05 bits per heavy atom. The Bertz CT molecular complexity index is 477. The fourth-order valence-corrected chi connectivity index (χ4v) is 1.50. The molecule has 0 aromatic heterocycles. The lowest BCUT2D eigenvalue weighted by Crippen LogP contribution is -2.36. The number of hydrogen-bond acceptors (Lipinski definition) is 4. The Balaban J connectivity index is 2.47. The molecule has 0 aliphatic heterocycles. The molecule has 1 aromatic carbocycles. The van der Waals surface area contributed by atoms with Gasteiger partial charge >= 0.3 is 6.03 Å². The normalized spacial score (nSPS) is 9.55. The van der Waals surface area contributed by atoms with Gasteiger partial charge in [-0.05, 0) is 12.1 Å². The van der Waals surface area contributed by atoms with Gasteiger partial charge in [-0.3, -0.25) is 4.79 Å². The quantitative estimate of drug-likeness (QED) is 0.678. The second-order valence-electron chi connectivity index (χ2n) is 3.93. The van der Waals surface area contributed by atoms with Gasteiger partial charge in [0, 0.05) is 31.8 Å². The van der Waals surface area contributed by atoms with E-state index in [1.165, 1.54) is 14.0 Å². The molecule has 0 saturated heterocycles. The van der Waals surface area contributed by atoms with Gasteiger partial charge in [0.2, 0.25) is 5.91 Å². The van der Waals surface area contributed by atoms with Crippen LogP contribution in [-0.2, 0) is 4.79 Å². The van der Waals surface area contributed by atoms with Crippen molar-refractivity contribution in [1.82, 2.24) is 10.6 Å². The molecule has 1 rings (SSSR count). The molecule has 0 heterocycles. The summed E-state index contributed by atoms with van der Waals surface area (Å²) < 4.78 is 10.2. The molecular formula is C13H19N3O4. The van der Waals surface area contributed by atoms with Crippen molar-refractivity contribution in [3.05, 3.63) is 18.2 Å². The first-order chi connectivity index (χ1) is 9.56. The topological polar surface area (TPSA) is 88.7 Å². The summed E-state index contributed by atoms with van der Waals surface area (Å²) >= 11 is 0. The van der Waals surface area contributed by atoms with E-state index in [0.717, 1.165) is 0 Å². The third-order valence-corrected chi connectivity index (χ3v) is 2.43. The van der Waals surface area contributed by atoms with E-state index in [1.807, 2.05) is 0 Å². The van der Waals surface area contributed by atoms with Crippen LogP contribution >= 0.6 is 0 Å². The summed E-state index contributed by atoms with van der Waals surface area (Å²) in [5.74, 6) is 0.986. The molecule has 0 aliphatic rings. The maximum atomic E-state index is 11.6. The predicted octanol–water partition coefficient (Wildman–Crippen LogP) is 0.961. The van der Waals surface area contributed by atoms with Crippen LogP contribution in [0.15, 0.2) is 18.2 Å². The highest BCUT2D eigenvalue weighted by Crippen LogP contribution is 2.29. The molecule has 20 heavy (non-hydrogen) atoms. The highest BCUT2D eigenvalue weighted by Gasteiger charge is 2.06. The third-order valence-electron chi connectivity index (χ3n) is 2.43. The van der Waals surface area contributed by atoms with Crippen LogP contribution in [0, 0.1) is 0 Å². The van der Waals surface area contributed by atoms with Gasteiger partial charge in [-0.25, -0.2) is 4.79 Å². The van der Waals surface area contributed by atoms with Gasteiger partial charge in [-0.2, -0.15) is 0 Å². The average Bonchev–Trinajstić information content (AvgIpc) is 2.43. The van der Waals surface area contributed by atoms with Gasteiger partial charge in [-0.1, -0.05) is 0 Å². The fourth-order valence-electron chi connectivity index (χ4n) is 1.50. The highest BCUT2D eigenvalue weighted by atomic mass is 16.5. The molecule has 0 radical (unpaired) electrons. The zero-order valence-electron chi connectivity index (χ0n) is 11.8. The summed E-state index contributed by atoms with van der Waals surface area (Å²) in [6, 6.07) is 4.70. The predicted molar refractivity (Wildman–Crippen MR) is 75.3 cm³/mol. The molecule has 3 amide bonds. The van der Waals surface area contributed by atoms with Crippen LogP contribution in [0.25, 0.3) is 0 Å². The number of methoxy groups -OCH3 is 2. The number of urea groups is 1. The number of carbonyl (C=O) groups is 2. The Hall–Kier alpha value is -2.44. The van der Waals surface area contributed by atoms with Crippen LogP contribution in [-0.4, -0.2) is 39.2 Å². The molecule has 0 bridgehead atoms. The molecule has 7 nitrogen and oxygen atoms in total. The number of anilines is 1. The minimum Gasteiger partial charge on any atom is -0.493 e. The van der Waals surface area contributed by atoms with E-state index in [9.17, 15) is 9.59 Å². The molecule has 110 valence electrons. The van der Waals surface area contributed by atoms with Gasteiger partial charge < -0.3 is 25.4 Å². The summed E-state index contributed by atoms with van der Waals surface area (Å²) in [5, 5.41) is 7.85. The van der Waals surface area contributed by atoms with Crippen molar-refractivity contribution >= 4 is 17.6 Å². The molecule has 0 atom stereocenters. The largest absolute Gasteiger partial charge is 0.493 e. The lowest BCUT2D eigenvalue weighted by Gasteiger charge is -2.11. The molecule has 0 fully saturated rings. The fraction of sp³-hybridized carbons (Fsp3) is 0.385. The highest BCUT2D eigenvalue weighted by molar-refractivity contribution is 5.89. The first-order valence-corrected chi connectivity index (χ1v) is 6.08. The van der Waals surface area contributed by atoms with E-state index in [0.29, 0.717) is 30.3 Å². The van der Waals surface area contributed by atoms with Gasteiger partial charge in [0.05, 0.1) is 14.2 Å². The Morgan fingerprint density at radius 2 is 1.70 bits per heavy atom. The van der Waals surface area contributed by atoms with Crippen molar-refractivity contribution in [2.75, 3.05) is 32.6 Å². The van der Waals surface area contributed by atoms with Crippen LogP contribution in [0.3, 0.4) is 0 Å². The van der Waals surface area contributed by atoms with Crippen molar-refractivity contribution in [3.8, 4) is 11.5 Å². The minimum atomic E-state index is -0.359. The third kappa shape index (κ3) is 5.05. The van der Waals surface area contributed by atoms with Crippen LogP contribution in [0.2, 0.25) is 0 Å². The molecule has 3 N–H and O–H groups in total. The summed E-state index contributed by atoms with van der Waals surface area (Å²) in [6.45, 7) is 2.15. The van der Waals surface area contributed by atoms with E-state index in [1.54, 1.807) is 25.3 Å². The van der Waals surface area contributed by atoms with Crippen molar-refractivity contribution in [1.29, 1.82) is 0 Å². The molecule has 1 aromatic rings. The number of ether oxygens (including phenoxy) is 2. The lowest BCUT2D eigenvalue weighted by atomic mass is 10.3. The lowest BCUT2D eigenvalue weighted by molar-refractivity contribution is -0.118. The van der Waals surface area contributed by atoms with Crippen molar-refractivity contribution in [2.45, 2.75) is 6.92 Å². The van der Waals surface area contributed by atoms with E-state index in [-0.39, 0.29) is 11.9 Å². The van der Waals surface area contributed by atoms with Crippen LogP contribution in [0.4, 0.5) is 10.5 Å². The maximum absolute atomic E-state index is 11.6. The molecule has 7 heteroatoms. The molecule has 0 spiro atoms. The zero-order chi connectivity index (χ0) is 15.0. The van der Waals surface area contributed by atoms with Crippen LogP contribution in [0.1, 0.15) is 6.92 Å². The Kier molecular flexibility index (Phi) is 6.15. The van der Waals surface area contributed by atoms with Crippen molar-refractivity contribution in [3.63, 3.8) is 0 Å². The van der Waals surface area contributed by atoms with E-state index >= 15 is 0 Å². The summed E-state index contributed by atoms with van der Waals surface area (Å²) in [5.41, 5.74) is 0.583. The number of nitrogens with one attached hydrogen (secondary N) is 3. The number of amides is 3. The number of benzene rings is 1. The number of rotatable bonds is 6. The second-order valence-corrected chi connectivity index (χ2v) is 3.93. The first-order valence-electron chi connectivity index (χ1n) is 6.08.